The standard InChI is InChI=1S/C20H24N4O2/c1-12-14-6-2-3-7-17(14)23-18(22-12)9-10-21-19(25)15-11-13-5-4-8-16(13)24-20(15)26/h11H,2-10H2,1H3,(H,21,25)(H,24,26). The molecule has 0 saturated heterocycles. The molecule has 0 saturated carbocycles. The lowest BCUT2D eigenvalue weighted by molar-refractivity contribution is 0.0952. The maximum Gasteiger partial charge on any atom is 0.261 e. The van der Waals surface area contributed by atoms with E-state index in [2.05, 4.69) is 20.3 Å². The lowest BCUT2D eigenvalue weighted by Crippen LogP contribution is -2.32. The van der Waals surface area contributed by atoms with E-state index >= 15 is 0 Å². The Kier molecular flexibility index (Phi) is 4.57. The first kappa shape index (κ1) is 16.9. The van der Waals surface area contributed by atoms with Crippen LogP contribution in [0.5, 0.6) is 0 Å². The van der Waals surface area contributed by atoms with E-state index in [-0.39, 0.29) is 17.0 Å². The Morgan fingerprint density at radius 3 is 2.88 bits per heavy atom. The van der Waals surface area contributed by atoms with Crippen LogP contribution in [0, 0.1) is 6.92 Å². The summed E-state index contributed by atoms with van der Waals surface area (Å²) in [5.41, 5.74) is 5.49. The molecule has 2 heterocycles. The zero-order valence-electron chi connectivity index (χ0n) is 15.2. The van der Waals surface area contributed by atoms with Gasteiger partial charge in [0.2, 0.25) is 0 Å². The molecule has 26 heavy (non-hydrogen) atoms. The normalized spacial score (nSPS) is 15.4. The highest BCUT2D eigenvalue weighted by Crippen LogP contribution is 2.22. The minimum atomic E-state index is -0.323. The van der Waals surface area contributed by atoms with Gasteiger partial charge in [-0.3, -0.25) is 9.59 Å². The van der Waals surface area contributed by atoms with Crippen LogP contribution in [-0.2, 0) is 32.1 Å². The van der Waals surface area contributed by atoms with Crippen molar-refractivity contribution in [1.82, 2.24) is 20.3 Å². The first-order valence-corrected chi connectivity index (χ1v) is 9.50. The maximum absolute atomic E-state index is 12.4. The van der Waals surface area contributed by atoms with Crippen LogP contribution >= 0.6 is 0 Å². The molecule has 2 aliphatic carbocycles. The largest absolute Gasteiger partial charge is 0.351 e. The van der Waals surface area contributed by atoms with E-state index < -0.39 is 0 Å². The fourth-order valence-electron chi connectivity index (χ4n) is 4.02. The average molecular weight is 352 g/mol. The Balaban J connectivity index is 1.41. The van der Waals surface area contributed by atoms with Gasteiger partial charge in [-0.25, -0.2) is 9.97 Å². The highest BCUT2D eigenvalue weighted by atomic mass is 16.2. The van der Waals surface area contributed by atoms with Crippen molar-refractivity contribution >= 4 is 5.91 Å². The molecule has 6 heteroatoms. The summed E-state index contributed by atoms with van der Waals surface area (Å²) in [6, 6.07) is 1.75. The van der Waals surface area contributed by atoms with E-state index in [1.807, 2.05) is 6.92 Å². The summed E-state index contributed by atoms with van der Waals surface area (Å²) in [7, 11) is 0. The molecule has 0 spiro atoms. The van der Waals surface area contributed by atoms with Gasteiger partial charge in [-0.05, 0) is 69.1 Å². The van der Waals surface area contributed by atoms with Crippen molar-refractivity contribution in [2.45, 2.75) is 58.3 Å². The van der Waals surface area contributed by atoms with Gasteiger partial charge < -0.3 is 10.3 Å². The molecule has 1 amide bonds. The van der Waals surface area contributed by atoms with Gasteiger partial charge in [-0.15, -0.1) is 0 Å². The van der Waals surface area contributed by atoms with Gasteiger partial charge in [-0.1, -0.05) is 0 Å². The maximum atomic E-state index is 12.4. The van der Waals surface area contributed by atoms with Crippen molar-refractivity contribution in [3.63, 3.8) is 0 Å². The summed E-state index contributed by atoms with van der Waals surface area (Å²) in [5, 5.41) is 2.84. The molecule has 0 radical (unpaired) electrons. The monoisotopic (exact) mass is 352 g/mol. The topological polar surface area (TPSA) is 87.7 Å². The molecule has 0 aliphatic heterocycles. The number of aromatic nitrogens is 3. The number of hydrogen-bond donors (Lipinski definition) is 2. The van der Waals surface area contributed by atoms with Gasteiger partial charge in [0, 0.05) is 30.0 Å². The number of fused-ring (bicyclic) bond motifs is 2. The van der Waals surface area contributed by atoms with Crippen LogP contribution in [0.2, 0.25) is 0 Å². The second-order valence-electron chi connectivity index (χ2n) is 7.23. The van der Waals surface area contributed by atoms with Crippen LogP contribution in [0.4, 0.5) is 0 Å². The fraction of sp³-hybridized carbons (Fsp3) is 0.500. The number of carbonyl (C=O) groups is 1. The molecule has 2 aromatic heterocycles. The third-order valence-electron chi connectivity index (χ3n) is 5.40. The molecule has 0 aromatic carbocycles. The van der Waals surface area contributed by atoms with E-state index in [1.54, 1.807) is 6.07 Å². The van der Waals surface area contributed by atoms with Gasteiger partial charge in [0.1, 0.15) is 11.4 Å². The van der Waals surface area contributed by atoms with Crippen LogP contribution in [-0.4, -0.2) is 27.4 Å². The first-order chi connectivity index (χ1) is 12.6. The van der Waals surface area contributed by atoms with Crippen LogP contribution in [0.1, 0.15) is 63.7 Å². The SMILES string of the molecule is Cc1nc(CCNC(=O)c2cc3c([nH]c2=O)CCC3)nc2c1CCCC2. The molecule has 6 nitrogen and oxygen atoms in total. The Labute approximate surface area is 152 Å². The quantitative estimate of drug-likeness (QED) is 0.878. The van der Waals surface area contributed by atoms with E-state index in [9.17, 15) is 9.59 Å². The predicted molar refractivity (Wildman–Crippen MR) is 98.5 cm³/mol. The molecular weight excluding hydrogens is 328 g/mol. The van der Waals surface area contributed by atoms with E-state index in [1.165, 1.54) is 24.1 Å². The van der Waals surface area contributed by atoms with Crippen LogP contribution < -0.4 is 10.9 Å². The molecule has 136 valence electrons. The third kappa shape index (κ3) is 3.28. The predicted octanol–water partition coefficient (Wildman–Crippen LogP) is 1.81. The van der Waals surface area contributed by atoms with Gasteiger partial charge >= 0.3 is 0 Å². The van der Waals surface area contributed by atoms with Gasteiger partial charge in [-0.2, -0.15) is 0 Å². The summed E-state index contributed by atoms with van der Waals surface area (Å²) in [4.78, 5) is 36.6. The summed E-state index contributed by atoms with van der Waals surface area (Å²) < 4.78 is 0. The Morgan fingerprint density at radius 1 is 1.15 bits per heavy atom. The number of amides is 1. The Morgan fingerprint density at radius 2 is 2.00 bits per heavy atom. The number of aryl methyl sites for hydroxylation is 4. The summed E-state index contributed by atoms with van der Waals surface area (Å²) in [5.74, 6) is 0.446. The van der Waals surface area contributed by atoms with Gasteiger partial charge in [0.15, 0.2) is 0 Å². The number of pyridine rings is 1. The average Bonchev–Trinajstić information content (AvgIpc) is 3.08. The molecule has 0 atom stereocenters. The fourth-order valence-corrected chi connectivity index (χ4v) is 4.02. The van der Waals surface area contributed by atoms with E-state index in [0.29, 0.717) is 13.0 Å². The zero-order valence-corrected chi connectivity index (χ0v) is 15.2. The van der Waals surface area contributed by atoms with Gasteiger partial charge in [0.25, 0.3) is 11.5 Å². The van der Waals surface area contributed by atoms with Crippen LogP contribution in [0.3, 0.4) is 0 Å². The molecule has 0 bridgehead atoms. The second-order valence-corrected chi connectivity index (χ2v) is 7.23. The summed E-state index contributed by atoms with van der Waals surface area (Å²) >= 11 is 0. The molecule has 0 fully saturated rings. The number of carbonyl (C=O) groups excluding carboxylic acids is 1. The van der Waals surface area contributed by atoms with Gasteiger partial charge in [0.05, 0.1) is 0 Å². The molecule has 4 rings (SSSR count). The molecule has 2 aromatic rings. The lowest BCUT2D eigenvalue weighted by Gasteiger charge is -2.17. The smallest absolute Gasteiger partial charge is 0.261 e. The number of nitrogens with zero attached hydrogens (tertiary/aromatic N) is 2. The minimum Gasteiger partial charge on any atom is -0.351 e. The number of H-pyrrole nitrogens is 1. The lowest BCUT2D eigenvalue weighted by atomic mass is 9.95. The van der Waals surface area contributed by atoms with Crippen molar-refractivity contribution in [3.05, 3.63) is 56.0 Å². The van der Waals surface area contributed by atoms with Crippen molar-refractivity contribution in [1.29, 1.82) is 0 Å². The number of aromatic amines is 1. The number of hydrogen-bond acceptors (Lipinski definition) is 4. The second kappa shape index (κ2) is 7.02. The molecule has 2 N–H and O–H groups in total. The zero-order chi connectivity index (χ0) is 18.1. The third-order valence-corrected chi connectivity index (χ3v) is 5.40. The highest BCUT2D eigenvalue weighted by molar-refractivity contribution is 5.94. The molecular formula is C20H24N4O2. The molecule has 0 unspecified atom stereocenters. The van der Waals surface area contributed by atoms with E-state index in [4.69, 9.17) is 0 Å². The Bertz CT molecular complexity index is 917. The van der Waals surface area contributed by atoms with Crippen molar-refractivity contribution in [3.8, 4) is 0 Å². The Hall–Kier alpha value is -2.50. The minimum absolute atomic E-state index is 0.202. The number of nitrogens with one attached hydrogen (secondary N) is 2. The van der Waals surface area contributed by atoms with Crippen molar-refractivity contribution < 1.29 is 4.79 Å². The number of rotatable bonds is 4. The van der Waals surface area contributed by atoms with Crippen LogP contribution in [0.25, 0.3) is 0 Å². The van der Waals surface area contributed by atoms with E-state index in [0.717, 1.165) is 54.9 Å². The van der Waals surface area contributed by atoms with Crippen LogP contribution in [0.15, 0.2) is 10.9 Å². The van der Waals surface area contributed by atoms with Crippen molar-refractivity contribution in [2.75, 3.05) is 6.54 Å². The van der Waals surface area contributed by atoms with Crippen molar-refractivity contribution in [2.24, 2.45) is 0 Å². The summed E-state index contributed by atoms with van der Waals surface area (Å²) in [6.07, 6.45) is 7.90. The molecule has 2 aliphatic rings. The first-order valence-electron chi connectivity index (χ1n) is 9.50. The summed E-state index contributed by atoms with van der Waals surface area (Å²) in [6.45, 7) is 2.46. The highest BCUT2D eigenvalue weighted by Gasteiger charge is 2.18.